The first kappa shape index (κ1) is 18.5. The van der Waals surface area contributed by atoms with Crippen molar-refractivity contribution < 1.29 is 9.53 Å². The van der Waals surface area contributed by atoms with E-state index in [0.29, 0.717) is 20.8 Å². The predicted octanol–water partition coefficient (Wildman–Crippen LogP) is 6.36. The average Bonchev–Trinajstić information content (AvgIpc) is 2.48. The number of rotatable bonds is 4. The SMILES string of the molecule is C[C@H](Oc1cc(Cl)c(Cl)cc1Cl)C(=O)Nc1ccc(Cl)c(Cl)c1. The Balaban J connectivity index is 2.08. The second-order valence-corrected chi connectivity index (χ2v) is 6.61. The van der Waals surface area contributed by atoms with E-state index in [4.69, 9.17) is 62.7 Å². The maximum Gasteiger partial charge on any atom is 0.265 e. The topological polar surface area (TPSA) is 38.3 Å². The number of hydrogen-bond donors (Lipinski definition) is 1. The number of hydrogen-bond acceptors (Lipinski definition) is 2. The Kier molecular flexibility index (Phi) is 6.29. The maximum absolute atomic E-state index is 12.2. The summed E-state index contributed by atoms with van der Waals surface area (Å²) < 4.78 is 5.52. The summed E-state index contributed by atoms with van der Waals surface area (Å²) in [5.41, 5.74) is 0.500. The zero-order valence-electron chi connectivity index (χ0n) is 11.7. The summed E-state index contributed by atoms with van der Waals surface area (Å²) in [4.78, 5) is 12.2. The smallest absolute Gasteiger partial charge is 0.265 e. The Labute approximate surface area is 158 Å². The van der Waals surface area contributed by atoms with Crippen molar-refractivity contribution in [1.82, 2.24) is 0 Å². The van der Waals surface area contributed by atoms with Gasteiger partial charge in [0.1, 0.15) is 5.75 Å². The molecule has 23 heavy (non-hydrogen) atoms. The molecule has 0 aliphatic rings. The van der Waals surface area contributed by atoms with E-state index in [2.05, 4.69) is 5.32 Å². The molecule has 0 aliphatic heterocycles. The summed E-state index contributed by atoms with van der Waals surface area (Å²) >= 11 is 29.5. The van der Waals surface area contributed by atoms with E-state index in [1.165, 1.54) is 12.1 Å². The van der Waals surface area contributed by atoms with Crippen LogP contribution in [-0.4, -0.2) is 12.0 Å². The minimum Gasteiger partial charge on any atom is -0.479 e. The minimum absolute atomic E-state index is 0.258. The van der Waals surface area contributed by atoms with E-state index in [1.54, 1.807) is 25.1 Å². The standard InChI is InChI=1S/C15H10Cl5NO2/c1-7(23-14-6-12(19)11(18)5-13(14)20)15(22)21-8-2-3-9(16)10(17)4-8/h2-7H,1H3,(H,21,22)/t7-/m0/s1. The lowest BCUT2D eigenvalue weighted by Gasteiger charge is -2.16. The van der Waals surface area contributed by atoms with Crippen LogP contribution in [0.1, 0.15) is 6.92 Å². The van der Waals surface area contributed by atoms with Gasteiger partial charge in [-0.05, 0) is 31.2 Å². The number of carbonyl (C=O) groups excluding carboxylic acids is 1. The third kappa shape index (κ3) is 4.82. The Morgan fingerprint density at radius 2 is 1.52 bits per heavy atom. The van der Waals surface area contributed by atoms with Gasteiger partial charge in [0.15, 0.2) is 6.10 Å². The lowest BCUT2D eigenvalue weighted by Crippen LogP contribution is -2.30. The molecule has 0 saturated carbocycles. The van der Waals surface area contributed by atoms with E-state index in [9.17, 15) is 4.79 Å². The molecule has 0 heterocycles. The largest absolute Gasteiger partial charge is 0.479 e. The van der Waals surface area contributed by atoms with Crippen LogP contribution in [0.15, 0.2) is 30.3 Å². The predicted molar refractivity (Wildman–Crippen MR) is 96.7 cm³/mol. The summed E-state index contributed by atoms with van der Waals surface area (Å²) in [6.45, 7) is 1.58. The zero-order valence-corrected chi connectivity index (χ0v) is 15.5. The van der Waals surface area contributed by atoms with Crippen molar-refractivity contribution in [3.8, 4) is 5.75 Å². The molecule has 0 spiro atoms. The van der Waals surface area contributed by atoms with Crippen molar-refractivity contribution in [2.45, 2.75) is 13.0 Å². The molecule has 1 amide bonds. The van der Waals surface area contributed by atoms with Gasteiger partial charge in [0.2, 0.25) is 0 Å². The van der Waals surface area contributed by atoms with Crippen molar-refractivity contribution in [2.75, 3.05) is 5.32 Å². The first-order valence-electron chi connectivity index (χ1n) is 6.35. The lowest BCUT2D eigenvalue weighted by molar-refractivity contribution is -0.122. The van der Waals surface area contributed by atoms with Gasteiger partial charge in [-0.2, -0.15) is 0 Å². The number of anilines is 1. The van der Waals surface area contributed by atoms with Gasteiger partial charge in [-0.15, -0.1) is 0 Å². The molecule has 0 aliphatic carbocycles. The van der Waals surface area contributed by atoms with Crippen LogP contribution < -0.4 is 10.1 Å². The molecule has 2 rings (SSSR count). The fourth-order valence-corrected chi connectivity index (χ4v) is 2.54. The van der Waals surface area contributed by atoms with Crippen LogP contribution >= 0.6 is 58.0 Å². The molecule has 2 aromatic carbocycles. The fourth-order valence-electron chi connectivity index (χ4n) is 1.66. The maximum atomic E-state index is 12.2. The van der Waals surface area contributed by atoms with Crippen LogP contribution in [-0.2, 0) is 4.79 Å². The van der Waals surface area contributed by atoms with Gasteiger partial charge in [0.05, 0.1) is 25.1 Å². The van der Waals surface area contributed by atoms with Gasteiger partial charge in [0, 0.05) is 11.8 Å². The lowest BCUT2D eigenvalue weighted by atomic mass is 10.3. The van der Waals surface area contributed by atoms with Crippen LogP contribution in [0.5, 0.6) is 5.75 Å². The number of nitrogens with one attached hydrogen (secondary N) is 1. The molecule has 1 atom stereocenters. The molecule has 122 valence electrons. The zero-order chi connectivity index (χ0) is 17.1. The quantitative estimate of drug-likeness (QED) is 0.592. The second kappa shape index (κ2) is 7.82. The molecule has 2 aromatic rings. The highest BCUT2D eigenvalue weighted by atomic mass is 35.5. The summed E-state index contributed by atoms with van der Waals surface area (Å²) in [6.07, 6.45) is -0.820. The number of amides is 1. The minimum atomic E-state index is -0.820. The Hall–Kier alpha value is -0.840. The van der Waals surface area contributed by atoms with E-state index in [-0.39, 0.29) is 21.7 Å². The van der Waals surface area contributed by atoms with Gasteiger partial charge < -0.3 is 10.1 Å². The Bertz CT molecular complexity index is 751. The first-order valence-corrected chi connectivity index (χ1v) is 8.24. The van der Waals surface area contributed by atoms with Gasteiger partial charge in [-0.3, -0.25) is 4.79 Å². The third-order valence-corrected chi connectivity index (χ3v) is 4.59. The van der Waals surface area contributed by atoms with Crippen LogP contribution in [0.4, 0.5) is 5.69 Å². The fraction of sp³-hybridized carbons (Fsp3) is 0.133. The average molecular weight is 414 g/mol. The highest BCUT2D eigenvalue weighted by Crippen LogP contribution is 2.34. The molecule has 0 radical (unpaired) electrons. The monoisotopic (exact) mass is 411 g/mol. The molecule has 0 unspecified atom stereocenters. The normalized spacial score (nSPS) is 11.9. The number of carbonyl (C=O) groups is 1. The van der Waals surface area contributed by atoms with Crippen molar-refractivity contribution in [2.24, 2.45) is 0 Å². The molecule has 3 nitrogen and oxygen atoms in total. The second-order valence-electron chi connectivity index (χ2n) is 4.57. The highest BCUT2D eigenvalue weighted by molar-refractivity contribution is 6.43. The highest BCUT2D eigenvalue weighted by Gasteiger charge is 2.18. The van der Waals surface area contributed by atoms with Crippen molar-refractivity contribution in [3.05, 3.63) is 55.4 Å². The summed E-state index contributed by atoms with van der Waals surface area (Å²) in [6, 6.07) is 7.66. The molecular formula is C15H10Cl5NO2. The molecule has 1 N–H and O–H groups in total. The molecule has 8 heteroatoms. The van der Waals surface area contributed by atoms with Gasteiger partial charge in [0.25, 0.3) is 5.91 Å². The third-order valence-electron chi connectivity index (χ3n) is 2.83. The van der Waals surface area contributed by atoms with E-state index >= 15 is 0 Å². The van der Waals surface area contributed by atoms with E-state index in [0.717, 1.165) is 0 Å². The Morgan fingerprint density at radius 3 is 2.17 bits per heavy atom. The van der Waals surface area contributed by atoms with Crippen molar-refractivity contribution in [3.63, 3.8) is 0 Å². The van der Waals surface area contributed by atoms with Crippen LogP contribution in [0, 0.1) is 0 Å². The number of ether oxygens (including phenoxy) is 1. The van der Waals surface area contributed by atoms with Crippen molar-refractivity contribution >= 4 is 69.6 Å². The van der Waals surface area contributed by atoms with E-state index < -0.39 is 6.10 Å². The molecule has 0 saturated heterocycles. The summed E-state index contributed by atoms with van der Waals surface area (Å²) in [5.74, 6) is -0.122. The summed E-state index contributed by atoms with van der Waals surface area (Å²) in [7, 11) is 0. The number of halogens is 5. The van der Waals surface area contributed by atoms with Crippen LogP contribution in [0.25, 0.3) is 0 Å². The summed E-state index contributed by atoms with van der Waals surface area (Å²) in [5, 5.41) is 4.25. The van der Waals surface area contributed by atoms with Crippen LogP contribution in [0.3, 0.4) is 0 Å². The van der Waals surface area contributed by atoms with Gasteiger partial charge >= 0.3 is 0 Å². The Morgan fingerprint density at radius 1 is 0.913 bits per heavy atom. The van der Waals surface area contributed by atoms with Crippen molar-refractivity contribution in [1.29, 1.82) is 0 Å². The molecular weight excluding hydrogens is 403 g/mol. The number of benzene rings is 2. The molecule has 0 aromatic heterocycles. The van der Waals surface area contributed by atoms with Gasteiger partial charge in [-0.25, -0.2) is 0 Å². The van der Waals surface area contributed by atoms with Crippen LogP contribution in [0.2, 0.25) is 25.1 Å². The van der Waals surface area contributed by atoms with Gasteiger partial charge in [-0.1, -0.05) is 58.0 Å². The molecule has 0 bridgehead atoms. The van der Waals surface area contributed by atoms with E-state index in [1.807, 2.05) is 0 Å². The molecule has 0 fully saturated rings. The first-order chi connectivity index (χ1) is 10.8.